The molecule has 1 nitrogen and oxygen atoms in total. The van der Waals surface area contributed by atoms with Crippen LogP contribution in [0.25, 0.3) is 0 Å². The molecular formula is C15H22BrN. The fraction of sp³-hybridized carbons (Fsp3) is 0.600. The molecule has 0 aromatic heterocycles. The first kappa shape index (κ1) is 13.1. The summed E-state index contributed by atoms with van der Waals surface area (Å²) < 4.78 is 1.21. The highest BCUT2D eigenvalue weighted by molar-refractivity contribution is 9.10. The van der Waals surface area contributed by atoms with Crippen molar-refractivity contribution in [1.82, 2.24) is 5.32 Å². The Morgan fingerprint density at radius 2 is 1.82 bits per heavy atom. The second kappa shape index (κ2) is 5.53. The van der Waals surface area contributed by atoms with Crippen LogP contribution in [0.4, 0.5) is 0 Å². The highest BCUT2D eigenvalue weighted by Gasteiger charge is 2.31. The van der Waals surface area contributed by atoms with Gasteiger partial charge in [-0.15, -0.1) is 0 Å². The third kappa shape index (κ3) is 3.11. The van der Waals surface area contributed by atoms with Crippen molar-refractivity contribution in [1.29, 1.82) is 0 Å². The Morgan fingerprint density at radius 1 is 1.18 bits per heavy atom. The van der Waals surface area contributed by atoms with Gasteiger partial charge in [-0.3, -0.25) is 0 Å². The van der Waals surface area contributed by atoms with Gasteiger partial charge >= 0.3 is 0 Å². The molecule has 1 aliphatic carbocycles. The van der Waals surface area contributed by atoms with Crippen LogP contribution in [0, 0.1) is 11.8 Å². The van der Waals surface area contributed by atoms with E-state index in [4.69, 9.17) is 0 Å². The Morgan fingerprint density at radius 3 is 2.41 bits per heavy atom. The van der Waals surface area contributed by atoms with Crippen LogP contribution in [-0.2, 0) is 0 Å². The fourth-order valence-electron chi connectivity index (χ4n) is 2.61. The highest BCUT2D eigenvalue weighted by Crippen LogP contribution is 2.35. The van der Waals surface area contributed by atoms with Gasteiger partial charge in [-0.25, -0.2) is 0 Å². The molecule has 0 bridgehead atoms. The van der Waals surface area contributed by atoms with E-state index in [1.807, 2.05) is 0 Å². The van der Waals surface area contributed by atoms with E-state index >= 15 is 0 Å². The second-order valence-corrected chi connectivity index (χ2v) is 6.44. The minimum atomic E-state index is 0.434. The molecule has 1 saturated carbocycles. The third-order valence-electron chi connectivity index (χ3n) is 3.97. The summed E-state index contributed by atoms with van der Waals surface area (Å²) in [5.74, 6) is 1.77. The molecule has 1 N–H and O–H groups in total. The Kier molecular flexibility index (Phi) is 4.26. The standard InChI is InChI=1S/C15H22BrN/c1-10(2)12-8-13(9-12)17-11(3)14-6-4-5-7-15(14)16/h4-7,10-13,17H,8-9H2,1-3H3/t11-,12?,13?/m1/s1. The normalized spacial score (nSPS) is 25.7. The molecule has 1 fully saturated rings. The Labute approximate surface area is 113 Å². The van der Waals surface area contributed by atoms with Crippen molar-refractivity contribution in [2.45, 2.75) is 45.7 Å². The zero-order valence-electron chi connectivity index (χ0n) is 10.9. The smallest absolute Gasteiger partial charge is 0.0305 e. The van der Waals surface area contributed by atoms with Gasteiger partial charge in [0.25, 0.3) is 0 Å². The van der Waals surface area contributed by atoms with E-state index in [9.17, 15) is 0 Å². The molecule has 94 valence electrons. The van der Waals surface area contributed by atoms with Crippen molar-refractivity contribution in [3.8, 4) is 0 Å². The molecule has 1 aromatic carbocycles. The van der Waals surface area contributed by atoms with E-state index in [1.165, 1.54) is 22.9 Å². The molecular weight excluding hydrogens is 274 g/mol. The number of benzene rings is 1. The van der Waals surface area contributed by atoms with Crippen molar-refractivity contribution >= 4 is 15.9 Å². The Hall–Kier alpha value is -0.340. The summed E-state index contributed by atoms with van der Waals surface area (Å²) in [6, 6.07) is 9.63. The summed E-state index contributed by atoms with van der Waals surface area (Å²) in [4.78, 5) is 0. The van der Waals surface area contributed by atoms with Gasteiger partial charge in [0.15, 0.2) is 0 Å². The molecule has 1 atom stereocenters. The van der Waals surface area contributed by atoms with Gasteiger partial charge in [0.05, 0.1) is 0 Å². The monoisotopic (exact) mass is 295 g/mol. The molecule has 17 heavy (non-hydrogen) atoms. The fourth-order valence-corrected chi connectivity index (χ4v) is 3.24. The van der Waals surface area contributed by atoms with Crippen LogP contribution in [-0.4, -0.2) is 6.04 Å². The number of nitrogens with one attached hydrogen (secondary N) is 1. The lowest BCUT2D eigenvalue weighted by Crippen LogP contribution is -2.44. The maximum Gasteiger partial charge on any atom is 0.0305 e. The molecule has 0 unspecified atom stereocenters. The average molecular weight is 296 g/mol. The summed E-state index contributed by atoms with van der Waals surface area (Å²) in [5.41, 5.74) is 1.36. The molecule has 0 spiro atoms. The van der Waals surface area contributed by atoms with Crippen molar-refractivity contribution < 1.29 is 0 Å². The Balaban J connectivity index is 1.87. The quantitative estimate of drug-likeness (QED) is 0.860. The number of rotatable bonds is 4. The molecule has 2 heteroatoms. The minimum Gasteiger partial charge on any atom is -0.307 e. The van der Waals surface area contributed by atoms with Gasteiger partial charge in [0.1, 0.15) is 0 Å². The molecule has 0 saturated heterocycles. The number of halogens is 1. The van der Waals surface area contributed by atoms with Crippen molar-refractivity contribution in [3.05, 3.63) is 34.3 Å². The highest BCUT2D eigenvalue weighted by atomic mass is 79.9. The molecule has 2 rings (SSSR count). The van der Waals surface area contributed by atoms with E-state index in [-0.39, 0.29) is 0 Å². The summed E-state index contributed by atoms with van der Waals surface area (Å²) in [6.07, 6.45) is 2.68. The SMILES string of the molecule is CC(C)C1CC(N[C@H](C)c2ccccc2Br)C1. The van der Waals surface area contributed by atoms with Crippen LogP contribution in [0.3, 0.4) is 0 Å². The van der Waals surface area contributed by atoms with E-state index in [2.05, 4.69) is 66.3 Å². The van der Waals surface area contributed by atoms with Gasteiger partial charge in [-0.1, -0.05) is 48.0 Å². The first-order chi connectivity index (χ1) is 8.08. The second-order valence-electron chi connectivity index (χ2n) is 5.58. The van der Waals surface area contributed by atoms with Crippen molar-refractivity contribution in [2.24, 2.45) is 11.8 Å². The number of hydrogen-bond donors (Lipinski definition) is 1. The van der Waals surface area contributed by atoms with Crippen LogP contribution in [0.1, 0.15) is 45.2 Å². The molecule has 0 aliphatic heterocycles. The first-order valence-electron chi connectivity index (χ1n) is 6.58. The lowest BCUT2D eigenvalue weighted by atomic mass is 9.73. The van der Waals surface area contributed by atoms with Crippen LogP contribution in [0.15, 0.2) is 28.7 Å². The predicted molar refractivity (Wildman–Crippen MR) is 77.0 cm³/mol. The zero-order chi connectivity index (χ0) is 12.4. The van der Waals surface area contributed by atoms with Crippen molar-refractivity contribution in [3.63, 3.8) is 0 Å². The lowest BCUT2D eigenvalue weighted by Gasteiger charge is -2.40. The Bertz CT molecular complexity index is 369. The van der Waals surface area contributed by atoms with Crippen LogP contribution in [0.5, 0.6) is 0 Å². The van der Waals surface area contributed by atoms with Gasteiger partial charge in [-0.2, -0.15) is 0 Å². The molecule has 1 aromatic rings. The minimum absolute atomic E-state index is 0.434. The third-order valence-corrected chi connectivity index (χ3v) is 4.70. The van der Waals surface area contributed by atoms with Gasteiger partial charge in [0.2, 0.25) is 0 Å². The first-order valence-corrected chi connectivity index (χ1v) is 7.37. The zero-order valence-corrected chi connectivity index (χ0v) is 12.5. The largest absolute Gasteiger partial charge is 0.307 e. The molecule has 0 radical (unpaired) electrons. The predicted octanol–water partition coefficient (Wildman–Crippen LogP) is 4.53. The van der Waals surface area contributed by atoms with Crippen LogP contribution >= 0.6 is 15.9 Å². The molecule has 1 aliphatic rings. The summed E-state index contributed by atoms with van der Waals surface area (Å²) in [6.45, 7) is 6.92. The van der Waals surface area contributed by atoms with E-state index < -0.39 is 0 Å². The van der Waals surface area contributed by atoms with Crippen LogP contribution in [0.2, 0.25) is 0 Å². The number of hydrogen-bond acceptors (Lipinski definition) is 1. The topological polar surface area (TPSA) is 12.0 Å². The van der Waals surface area contributed by atoms with Gasteiger partial charge in [0, 0.05) is 16.6 Å². The van der Waals surface area contributed by atoms with E-state index in [0.29, 0.717) is 12.1 Å². The van der Waals surface area contributed by atoms with Gasteiger partial charge < -0.3 is 5.32 Å². The van der Waals surface area contributed by atoms with Gasteiger partial charge in [-0.05, 0) is 43.2 Å². The lowest BCUT2D eigenvalue weighted by molar-refractivity contribution is 0.159. The maximum absolute atomic E-state index is 3.73. The summed E-state index contributed by atoms with van der Waals surface area (Å²) in [7, 11) is 0. The van der Waals surface area contributed by atoms with Crippen LogP contribution < -0.4 is 5.32 Å². The summed E-state index contributed by atoms with van der Waals surface area (Å²) >= 11 is 3.62. The molecule has 0 amide bonds. The average Bonchev–Trinajstić information content (AvgIpc) is 2.22. The molecule has 0 heterocycles. The maximum atomic E-state index is 3.73. The summed E-state index contributed by atoms with van der Waals surface area (Å²) in [5, 5.41) is 3.73. The van der Waals surface area contributed by atoms with E-state index in [0.717, 1.165) is 11.8 Å². The van der Waals surface area contributed by atoms with E-state index in [1.54, 1.807) is 0 Å². The van der Waals surface area contributed by atoms with Crippen molar-refractivity contribution in [2.75, 3.05) is 0 Å².